The van der Waals surface area contributed by atoms with Gasteiger partial charge in [-0.15, -0.1) is 13.2 Å². The Morgan fingerprint density at radius 2 is 1.59 bits per heavy atom. The minimum absolute atomic E-state index is 0.308. The van der Waals surface area contributed by atoms with E-state index in [0.717, 1.165) is 25.3 Å². The van der Waals surface area contributed by atoms with Crippen LogP contribution in [0.5, 0.6) is 0 Å². The van der Waals surface area contributed by atoms with Crippen molar-refractivity contribution >= 4 is 0 Å². The highest BCUT2D eigenvalue weighted by atomic mass is 19.4. The van der Waals surface area contributed by atoms with E-state index in [1.54, 1.807) is 0 Å². The van der Waals surface area contributed by atoms with Crippen LogP contribution >= 0.6 is 0 Å². The van der Waals surface area contributed by atoms with Gasteiger partial charge >= 0.3 is 12.5 Å². The lowest BCUT2D eigenvalue weighted by Crippen LogP contribution is -2.29. The van der Waals surface area contributed by atoms with Crippen LogP contribution in [0.4, 0.5) is 35.1 Å². The Kier molecular flexibility index (Phi) is 7.14. The monoisotopic (exact) mass is 468 g/mol. The minimum Gasteiger partial charge on any atom is -0.373 e. The van der Waals surface area contributed by atoms with Crippen molar-refractivity contribution in [3.8, 4) is 11.1 Å². The van der Waals surface area contributed by atoms with E-state index in [2.05, 4.69) is 11.7 Å². The Labute approximate surface area is 179 Å². The third-order valence-corrected chi connectivity index (χ3v) is 5.32. The molecule has 2 nitrogen and oxygen atoms in total. The molecule has 0 bridgehead atoms. The fourth-order valence-corrected chi connectivity index (χ4v) is 3.87. The first-order valence-electron chi connectivity index (χ1n) is 9.97. The zero-order valence-corrected chi connectivity index (χ0v) is 16.9. The van der Waals surface area contributed by atoms with Crippen LogP contribution < -0.4 is 0 Å². The average Bonchev–Trinajstić information content (AvgIpc) is 2.66. The summed E-state index contributed by atoms with van der Waals surface area (Å²) in [5.41, 5.74) is -2.46. The van der Waals surface area contributed by atoms with Gasteiger partial charge in [0.05, 0.1) is 12.7 Å². The maximum Gasteiger partial charge on any atom is 0.527 e. The Morgan fingerprint density at radius 3 is 2.09 bits per heavy atom. The van der Waals surface area contributed by atoms with E-state index >= 15 is 0 Å². The van der Waals surface area contributed by atoms with E-state index in [9.17, 15) is 35.1 Å². The molecule has 0 aliphatic carbocycles. The molecule has 0 amide bonds. The number of halogens is 8. The SMILES string of the molecule is CCCC1CCC(c2ccc(-c3cc(F)c(C(F)(F)OC(F)(F)F)c(F)c3)c(F)c2)OC1. The van der Waals surface area contributed by atoms with E-state index < -0.39 is 41.0 Å². The number of hydrogen-bond donors (Lipinski definition) is 0. The van der Waals surface area contributed by atoms with E-state index in [1.165, 1.54) is 12.1 Å². The maximum absolute atomic E-state index is 14.7. The summed E-state index contributed by atoms with van der Waals surface area (Å²) in [4.78, 5) is 0. The van der Waals surface area contributed by atoms with Crippen molar-refractivity contribution in [1.82, 2.24) is 0 Å². The summed E-state index contributed by atoms with van der Waals surface area (Å²) >= 11 is 0. The standard InChI is InChI=1S/C22H20F8O2/c1-2-3-12-4-7-19(31-11-12)13-5-6-15(16(23)8-13)14-9-17(24)20(18(25)10-14)21(26,27)32-22(28,29)30/h5-6,8-10,12,19H,2-4,7,11H2,1H3. The molecule has 1 heterocycles. The first-order valence-corrected chi connectivity index (χ1v) is 9.97. The fraction of sp³-hybridized carbons (Fsp3) is 0.455. The highest BCUT2D eigenvalue weighted by Crippen LogP contribution is 2.41. The predicted octanol–water partition coefficient (Wildman–Crippen LogP) is 7.62. The first kappa shape index (κ1) is 24.4. The van der Waals surface area contributed by atoms with Crippen molar-refractivity contribution in [3.05, 3.63) is 58.9 Å². The molecule has 32 heavy (non-hydrogen) atoms. The summed E-state index contributed by atoms with van der Waals surface area (Å²) in [6.07, 6.45) is -7.84. The number of alkyl halides is 5. The summed E-state index contributed by atoms with van der Waals surface area (Å²) in [6, 6.07) is 4.50. The smallest absolute Gasteiger partial charge is 0.373 e. The molecule has 0 spiro atoms. The molecule has 2 aromatic carbocycles. The predicted molar refractivity (Wildman–Crippen MR) is 99.1 cm³/mol. The topological polar surface area (TPSA) is 18.5 Å². The second-order valence-electron chi connectivity index (χ2n) is 7.67. The molecule has 1 saturated heterocycles. The molecule has 1 fully saturated rings. The maximum atomic E-state index is 14.7. The van der Waals surface area contributed by atoms with Gasteiger partial charge < -0.3 is 4.74 Å². The van der Waals surface area contributed by atoms with Gasteiger partial charge in [-0.05, 0) is 54.5 Å². The van der Waals surface area contributed by atoms with E-state index in [-0.39, 0.29) is 11.7 Å². The molecule has 1 aliphatic heterocycles. The number of hydrogen-bond acceptors (Lipinski definition) is 2. The lowest BCUT2D eigenvalue weighted by atomic mass is 9.91. The van der Waals surface area contributed by atoms with Gasteiger partial charge in [0.25, 0.3) is 0 Å². The van der Waals surface area contributed by atoms with Crippen LogP contribution in [-0.4, -0.2) is 13.0 Å². The van der Waals surface area contributed by atoms with Gasteiger partial charge in [-0.2, -0.15) is 8.78 Å². The van der Waals surface area contributed by atoms with Gasteiger partial charge in [0.1, 0.15) is 23.0 Å². The van der Waals surface area contributed by atoms with Crippen molar-refractivity contribution in [1.29, 1.82) is 0 Å². The first-order chi connectivity index (χ1) is 14.9. The zero-order valence-electron chi connectivity index (χ0n) is 16.9. The molecular weight excluding hydrogens is 448 g/mol. The van der Waals surface area contributed by atoms with Gasteiger partial charge in [-0.25, -0.2) is 17.9 Å². The second-order valence-corrected chi connectivity index (χ2v) is 7.67. The summed E-state index contributed by atoms with van der Waals surface area (Å²) in [5, 5.41) is 0. The molecule has 3 rings (SSSR count). The van der Waals surface area contributed by atoms with Crippen LogP contribution in [0.15, 0.2) is 30.3 Å². The molecule has 176 valence electrons. The summed E-state index contributed by atoms with van der Waals surface area (Å²) in [7, 11) is 0. The normalized spacial score (nSPS) is 19.9. The van der Waals surface area contributed by atoms with Crippen LogP contribution in [0.2, 0.25) is 0 Å². The van der Waals surface area contributed by atoms with Gasteiger partial charge in [0.15, 0.2) is 0 Å². The zero-order chi connectivity index (χ0) is 23.7. The summed E-state index contributed by atoms with van der Waals surface area (Å²) in [6.45, 7) is 2.61. The van der Waals surface area contributed by atoms with E-state index in [1.807, 2.05) is 0 Å². The molecule has 2 aromatic rings. The molecule has 0 radical (unpaired) electrons. The molecule has 10 heteroatoms. The Balaban J connectivity index is 1.84. The quantitative estimate of drug-likeness (QED) is 0.406. The summed E-state index contributed by atoms with van der Waals surface area (Å²) < 4.78 is 115. The van der Waals surface area contributed by atoms with Crippen LogP contribution in [0.3, 0.4) is 0 Å². The van der Waals surface area contributed by atoms with Gasteiger partial charge in [0, 0.05) is 5.56 Å². The van der Waals surface area contributed by atoms with Gasteiger partial charge in [-0.3, -0.25) is 0 Å². The fourth-order valence-electron chi connectivity index (χ4n) is 3.87. The van der Waals surface area contributed by atoms with Crippen molar-refractivity contribution in [3.63, 3.8) is 0 Å². The molecule has 1 aliphatic rings. The lowest BCUT2D eigenvalue weighted by molar-refractivity contribution is -0.432. The van der Waals surface area contributed by atoms with Crippen LogP contribution in [0.25, 0.3) is 11.1 Å². The van der Waals surface area contributed by atoms with Crippen LogP contribution in [0, 0.1) is 23.4 Å². The third-order valence-electron chi connectivity index (χ3n) is 5.32. The van der Waals surface area contributed by atoms with Gasteiger partial charge in [0.2, 0.25) is 0 Å². The Hall–Kier alpha value is -2.20. The minimum atomic E-state index is -5.83. The van der Waals surface area contributed by atoms with Crippen molar-refractivity contribution in [2.75, 3.05) is 6.61 Å². The average molecular weight is 468 g/mol. The van der Waals surface area contributed by atoms with Gasteiger partial charge in [-0.1, -0.05) is 25.5 Å². The van der Waals surface area contributed by atoms with Crippen molar-refractivity contribution < 1.29 is 44.6 Å². The Morgan fingerprint density at radius 1 is 0.938 bits per heavy atom. The van der Waals surface area contributed by atoms with E-state index in [4.69, 9.17) is 4.74 Å². The van der Waals surface area contributed by atoms with Crippen molar-refractivity contribution in [2.45, 2.75) is 51.2 Å². The number of rotatable bonds is 6. The number of ether oxygens (including phenoxy) is 2. The van der Waals surface area contributed by atoms with Crippen molar-refractivity contribution in [2.24, 2.45) is 5.92 Å². The lowest BCUT2D eigenvalue weighted by Gasteiger charge is -2.29. The van der Waals surface area contributed by atoms with Crippen LogP contribution in [-0.2, 0) is 15.6 Å². The highest BCUT2D eigenvalue weighted by Gasteiger charge is 2.49. The van der Waals surface area contributed by atoms with E-state index in [0.29, 0.717) is 36.6 Å². The molecule has 2 unspecified atom stereocenters. The third kappa shape index (κ3) is 5.58. The Bertz CT molecular complexity index is 926. The molecule has 0 N–H and O–H groups in total. The second kappa shape index (κ2) is 9.35. The number of benzene rings is 2. The van der Waals surface area contributed by atoms with Crippen LogP contribution in [0.1, 0.15) is 49.8 Å². The molecule has 2 atom stereocenters. The highest BCUT2D eigenvalue weighted by molar-refractivity contribution is 5.65. The molecular formula is C22H20F8O2. The largest absolute Gasteiger partial charge is 0.527 e. The summed E-state index contributed by atoms with van der Waals surface area (Å²) in [5.74, 6) is -4.46. The molecule has 0 saturated carbocycles. The molecule has 0 aromatic heterocycles.